The molecule has 1 saturated carbocycles. The smallest absolute Gasteiger partial charge is 0.422 e. The first-order valence-corrected chi connectivity index (χ1v) is 4.50. The third kappa shape index (κ3) is 3.01. The van der Waals surface area contributed by atoms with Crippen molar-refractivity contribution >= 4 is 12.1 Å². The highest BCUT2D eigenvalue weighted by Gasteiger charge is 2.46. The molecule has 8 heteroatoms. The van der Waals surface area contributed by atoms with E-state index in [1.54, 1.807) is 0 Å². The fourth-order valence-corrected chi connectivity index (χ4v) is 1.30. The third-order valence-electron chi connectivity index (χ3n) is 2.32. The van der Waals surface area contributed by atoms with E-state index in [1.165, 1.54) is 0 Å². The Morgan fingerprint density at radius 2 is 1.94 bits per heavy atom. The number of carboxylic acid groups (broad SMARTS) is 1. The molecule has 1 rings (SSSR count). The standard InChI is InChI=1S/C8H10F3NO4/c9-8(10,11)4-16-6(15)12-7(5(13)14)2-1-3-7/h1-4H2,(H,12,15)(H,13,14). The van der Waals surface area contributed by atoms with Gasteiger partial charge < -0.3 is 15.2 Å². The van der Waals surface area contributed by atoms with E-state index in [9.17, 15) is 22.8 Å². The number of halogens is 3. The molecule has 0 spiro atoms. The lowest BCUT2D eigenvalue weighted by atomic mass is 9.77. The van der Waals surface area contributed by atoms with Crippen LogP contribution in [0.15, 0.2) is 0 Å². The average Bonchev–Trinajstić information content (AvgIpc) is 2.06. The van der Waals surface area contributed by atoms with Crippen molar-refractivity contribution in [3.05, 3.63) is 0 Å². The molecule has 0 saturated heterocycles. The number of amides is 1. The summed E-state index contributed by atoms with van der Waals surface area (Å²) in [5, 5.41) is 10.7. The molecular formula is C8H10F3NO4. The van der Waals surface area contributed by atoms with Crippen LogP contribution in [0.5, 0.6) is 0 Å². The molecule has 1 amide bonds. The van der Waals surface area contributed by atoms with Gasteiger partial charge in [0.15, 0.2) is 6.61 Å². The Bertz CT molecular complexity index is 298. The minimum atomic E-state index is -4.62. The van der Waals surface area contributed by atoms with Gasteiger partial charge in [-0.1, -0.05) is 0 Å². The van der Waals surface area contributed by atoms with Crippen LogP contribution in [-0.4, -0.2) is 35.5 Å². The minimum absolute atomic E-state index is 0.198. The summed E-state index contributed by atoms with van der Waals surface area (Å²) in [5.74, 6) is -1.26. The lowest BCUT2D eigenvalue weighted by Gasteiger charge is -2.37. The number of alkyl carbamates (subject to hydrolysis) is 1. The summed E-state index contributed by atoms with van der Waals surface area (Å²) >= 11 is 0. The lowest BCUT2D eigenvalue weighted by molar-refractivity contribution is -0.161. The number of rotatable bonds is 3. The molecule has 0 aromatic rings. The number of nitrogens with one attached hydrogen (secondary N) is 1. The first kappa shape index (κ1) is 12.6. The SMILES string of the molecule is O=C(NC1(C(=O)O)CCC1)OCC(F)(F)F. The zero-order valence-corrected chi connectivity index (χ0v) is 8.13. The summed E-state index contributed by atoms with van der Waals surface area (Å²) in [6.45, 7) is -1.73. The summed E-state index contributed by atoms with van der Waals surface area (Å²) in [7, 11) is 0. The van der Waals surface area contributed by atoms with Gasteiger partial charge >= 0.3 is 18.2 Å². The summed E-state index contributed by atoms with van der Waals surface area (Å²) in [6.07, 6.45) is -4.98. The van der Waals surface area contributed by atoms with Crippen molar-refractivity contribution < 1.29 is 32.6 Å². The van der Waals surface area contributed by atoms with Crippen LogP contribution in [0.3, 0.4) is 0 Å². The van der Waals surface area contributed by atoms with Gasteiger partial charge in [-0.05, 0) is 19.3 Å². The number of ether oxygens (including phenoxy) is 1. The first-order valence-electron chi connectivity index (χ1n) is 4.50. The predicted molar refractivity (Wildman–Crippen MR) is 44.8 cm³/mol. The molecule has 1 aliphatic carbocycles. The van der Waals surface area contributed by atoms with E-state index < -0.39 is 30.4 Å². The first-order chi connectivity index (χ1) is 7.25. The van der Waals surface area contributed by atoms with Gasteiger partial charge in [0, 0.05) is 0 Å². The molecule has 92 valence electrons. The number of carbonyl (C=O) groups excluding carboxylic acids is 1. The van der Waals surface area contributed by atoms with E-state index in [4.69, 9.17) is 5.11 Å². The van der Waals surface area contributed by atoms with Crippen LogP contribution in [0.2, 0.25) is 0 Å². The maximum Gasteiger partial charge on any atom is 0.422 e. The quantitative estimate of drug-likeness (QED) is 0.780. The van der Waals surface area contributed by atoms with Crippen molar-refractivity contribution in [2.75, 3.05) is 6.61 Å². The fourth-order valence-electron chi connectivity index (χ4n) is 1.30. The van der Waals surface area contributed by atoms with Gasteiger partial charge in [-0.25, -0.2) is 9.59 Å². The Morgan fingerprint density at radius 3 is 2.25 bits per heavy atom. The van der Waals surface area contributed by atoms with Crippen molar-refractivity contribution in [3.8, 4) is 0 Å². The molecule has 0 aromatic carbocycles. The number of alkyl halides is 3. The summed E-state index contributed by atoms with van der Waals surface area (Å²) < 4.78 is 38.9. The molecule has 1 fully saturated rings. The van der Waals surface area contributed by atoms with Crippen molar-refractivity contribution in [2.24, 2.45) is 0 Å². The van der Waals surface area contributed by atoms with Gasteiger partial charge in [0.05, 0.1) is 0 Å². The highest BCUT2D eigenvalue weighted by molar-refractivity contribution is 5.85. The molecule has 5 nitrogen and oxygen atoms in total. The van der Waals surface area contributed by atoms with Gasteiger partial charge in [-0.3, -0.25) is 0 Å². The highest BCUT2D eigenvalue weighted by Crippen LogP contribution is 2.32. The Morgan fingerprint density at radius 1 is 1.38 bits per heavy atom. The molecule has 0 radical (unpaired) electrons. The average molecular weight is 241 g/mol. The van der Waals surface area contributed by atoms with E-state index in [1.807, 2.05) is 5.32 Å². The number of hydrogen-bond acceptors (Lipinski definition) is 3. The number of aliphatic carboxylic acids is 1. The summed E-state index contributed by atoms with van der Waals surface area (Å²) in [5.41, 5.74) is -1.46. The molecule has 0 aliphatic heterocycles. The second kappa shape index (κ2) is 4.18. The number of carboxylic acids is 1. The second-order valence-corrected chi connectivity index (χ2v) is 3.56. The zero-order chi connectivity index (χ0) is 12.4. The van der Waals surface area contributed by atoms with E-state index in [0.29, 0.717) is 6.42 Å². The maximum absolute atomic E-state index is 11.7. The molecule has 16 heavy (non-hydrogen) atoms. The lowest BCUT2D eigenvalue weighted by Crippen LogP contribution is -2.59. The van der Waals surface area contributed by atoms with Crippen molar-refractivity contribution in [2.45, 2.75) is 31.0 Å². The summed E-state index contributed by atoms with van der Waals surface area (Å²) in [4.78, 5) is 21.7. The van der Waals surface area contributed by atoms with Crippen LogP contribution in [0.25, 0.3) is 0 Å². The van der Waals surface area contributed by atoms with Crippen LogP contribution in [0, 0.1) is 0 Å². The normalized spacial score (nSPS) is 18.4. The Hall–Kier alpha value is -1.47. The second-order valence-electron chi connectivity index (χ2n) is 3.56. The predicted octanol–water partition coefficient (Wildman–Crippen LogP) is 1.28. The molecule has 0 bridgehead atoms. The van der Waals surface area contributed by atoms with Crippen LogP contribution < -0.4 is 5.32 Å². The molecular weight excluding hydrogens is 231 g/mol. The van der Waals surface area contributed by atoms with E-state index in [0.717, 1.165) is 0 Å². The van der Waals surface area contributed by atoms with Crippen LogP contribution in [-0.2, 0) is 9.53 Å². The molecule has 1 aliphatic rings. The number of hydrogen-bond donors (Lipinski definition) is 2. The molecule has 2 N–H and O–H groups in total. The van der Waals surface area contributed by atoms with Crippen LogP contribution in [0.1, 0.15) is 19.3 Å². The largest absolute Gasteiger partial charge is 0.480 e. The van der Waals surface area contributed by atoms with Gasteiger partial charge in [0.25, 0.3) is 0 Å². The third-order valence-corrected chi connectivity index (χ3v) is 2.32. The molecule has 0 aromatic heterocycles. The van der Waals surface area contributed by atoms with Crippen molar-refractivity contribution in [1.82, 2.24) is 5.32 Å². The van der Waals surface area contributed by atoms with Gasteiger partial charge in [-0.2, -0.15) is 13.2 Å². The van der Waals surface area contributed by atoms with Crippen LogP contribution >= 0.6 is 0 Å². The van der Waals surface area contributed by atoms with E-state index in [-0.39, 0.29) is 12.8 Å². The minimum Gasteiger partial charge on any atom is -0.480 e. The van der Waals surface area contributed by atoms with Gasteiger partial charge in [0.1, 0.15) is 5.54 Å². The molecule has 0 heterocycles. The molecule has 0 atom stereocenters. The maximum atomic E-state index is 11.7. The van der Waals surface area contributed by atoms with Gasteiger partial charge in [-0.15, -0.1) is 0 Å². The van der Waals surface area contributed by atoms with E-state index >= 15 is 0 Å². The van der Waals surface area contributed by atoms with Crippen molar-refractivity contribution in [1.29, 1.82) is 0 Å². The fraction of sp³-hybridized carbons (Fsp3) is 0.750. The highest BCUT2D eigenvalue weighted by atomic mass is 19.4. The van der Waals surface area contributed by atoms with Crippen molar-refractivity contribution in [3.63, 3.8) is 0 Å². The monoisotopic (exact) mass is 241 g/mol. The Kier molecular flexibility index (Phi) is 3.30. The topological polar surface area (TPSA) is 75.6 Å². The number of carbonyl (C=O) groups is 2. The van der Waals surface area contributed by atoms with E-state index in [2.05, 4.69) is 4.74 Å². The Labute approximate surface area is 88.6 Å². The van der Waals surface area contributed by atoms with Gasteiger partial charge in [0.2, 0.25) is 0 Å². The molecule has 0 unspecified atom stereocenters. The Balaban J connectivity index is 2.42. The zero-order valence-electron chi connectivity index (χ0n) is 8.13. The van der Waals surface area contributed by atoms with Crippen LogP contribution in [0.4, 0.5) is 18.0 Å². The summed E-state index contributed by atoms with van der Waals surface area (Å²) in [6, 6.07) is 0.